The number of fused-ring (bicyclic) bond motifs is 1. The first-order chi connectivity index (χ1) is 7.46. The zero-order valence-electron chi connectivity index (χ0n) is 10.2. The predicted octanol–water partition coefficient (Wildman–Crippen LogP) is 0.594. The third-order valence-corrected chi connectivity index (χ3v) is 2.76. The topological polar surface area (TPSA) is 50.8 Å². The van der Waals surface area contributed by atoms with Crippen molar-refractivity contribution in [3.8, 4) is 0 Å². The predicted molar refractivity (Wildman–Crippen MR) is 59.3 cm³/mol. The summed E-state index contributed by atoms with van der Waals surface area (Å²) in [5.74, 6) is 0. The van der Waals surface area contributed by atoms with Gasteiger partial charge in [-0.1, -0.05) is 0 Å². The Morgan fingerprint density at radius 3 is 2.81 bits per heavy atom. The van der Waals surface area contributed by atoms with Crippen molar-refractivity contribution >= 4 is 6.09 Å². The molecule has 0 unspecified atom stereocenters. The summed E-state index contributed by atoms with van der Waals surface area (Å²) >= 11 is 0. The number of rotatable bonds is 0. The van der Waals surface area contributed by atoms with Gasteiger partial charge in [-0.15, -0.1) is 0 Å². The number of ether oxygens (including phenoxy) is 2. The van der Waals surface area contributed by atoms with Gasteiger partial charge in [-0.3, -0.25) is 0 Å². The van der Waals surface area contributed by atoms with Crippen LogP contribution in [0.3, 0.4) is 0 Å². The molecule has 2 aliphatic rings. The number of amides is 1. The van der Waals surface area contributed by atoms with Gasteiger partial charge in [0.05, 0.1) is 25.3 Å². The molecule has 92 valence electrons. The Bertz CT molecular complexity index is 261. The van der Waals surface area contributed by atoms with Gasteiger partial charge < -0.3 is 19.7 Å². The van der Waals surface area contributed by atoms with Crippen LogP contribution in [0, 0.1) is 0 Å². The zero-order chi connectivity index (χ0) is 11.8. The maximum absolute atomic E-state index is 11.8. The van der Waals surface area contributed by atoms with Gasteiger partial charge >= 0.3 is 6.09 Å². The minimum absolute atomic E-state index is 0.126. The van der Waals surface area contributed by atoms with Gasteiger partial charge in [0, 0.05) is 13.1 Å². The van der Waals surface area contributed by atoms with E-state index in [-0.39, 0.29) is 18.2 Å². The van der Waals surface area contributed by atoms with Crippen molar-refractivity contribution in [1.82, 2.24) is 10.2 Å². The molecule has 0 aliphatic carbocycles. The smallest absolute Gasteiger partial charge is 0.410 e. The molecule has 2 aliphatic heterocycles. The number of hydrogen-bond acceptors (Lipinski definition) is 4. The molecule has 16 heavy (non-hydrogen) atoms. The third-order valence-electron chi connectivity index (χ3n) is 2.76. The number of morpholine rings is 1. The fourth-order valence-electron chi connectivity index (χ4n) is 2.07. The van der Waals surface area contributed by atoms with E-state index in [0.29, 0.717) is 13.1 Å². The van der Waals surface area contributed by atoms with Crippen LogP contribution in [0.1, 0.15) is 20.8 Å². The number of likely N-dealkylation sites (tertiary alicyclic amines) is 1. The molecule has 2 fully saturated rings. The first-order valence-electron chi connectivity index (χ1n) is 5.78. The summed E-state index contributed by atoms with van der Waals surface area (Å²) in [7, 11) is 0. The molecule has 0 bridgehead atoms. The first-order valence-corrected chi connectivity index (χ1v) is 5.78. The summed E-state index contributed by atoms with van der Waals surface area (Å²) in [4.78, 5) is 13.5. The average Bonchev–Trinajstić information content (AvgIpc) is 2.58. The molecule has 0 radical (unpaired) electrons. The third kappa shape index (κ3) is 2.65. The number of carbonyl (C=O) groups is 1. The maximum atomic E-state index is 11.8. The van der Waals surface area contributed by atoms with Crippen LogP contribution in [0.15, 0.2) is 0 Å². The molecule has 2 heterocycles. The maximum Gasteiger partial charge on any atom is 0.410 e. The summed E-state index contributed by atoms with van der Waals surface area (Å²) in [5, 5.41) is 3.35. The second-order valence-corrected chi connectivity index (χ2v) is 5.36. The highest BCUT2D eigenvalue weighted by Crippen LogP contribution is 2.19. The second-order valence-electron chi connectivity index (χ2n) is 5.36. The Labute approximate surface area is 96.1 Å². The Hall–Kier alpha value is -0.810. The van der Waals surface area contributed by atoms with Crippen molar-refractivity contribution in [2.75, 3.05) is 26.2 Å². The van der Waals surface area contributed by atoms with Gasteiger partial charge in [-0.2, -0.15) is 0 Å². The summed E-state index contributed by atoms with van der Waals surface area (Å²) < 4.78 is 10.9. The molecule has 0 aromatic carbocycles. The van der Waals surface area contributed by atoms with Crippen LogP contribution in [0.4, 0.5) is 4.79 Å². The fourth-order valence-corrected chi connectivity index (χ4v) is 2.07. The minimum atomic E-state index is -0.431. The van der Waals surface area contributed by atoms with E-state index in [1.165, 1.54) is 0 Å². The van der Waals surface area contributed by atoms with E-state index in [1.54, 1.807) is 4.90 Å². The lowest BCUT2D eigenvalue weighted by molar-refractivity contribution is 0.0104. The van der Waals surface area contributed by atoms with E-state index in [0.717, 1.165) is 13.2 Å². The molecule has 0 spiro atoms. The van der Waals surface area contributed by atoms with Crippen LogP contribution in [0.25, 0.3) is 0 Å². The highest BCUT2D eigenvalue weighted by molar-refractivity contribution is 5.68. The van der Waals surface area contributed by atoms with Crippen molar-refractivity contribution in [3.05, 3.63) is 0 Å². The van der Waals surface area contributed by atoms with Crippen molar-refractivity contribution < 1.29 is 14.3 Å². The summed E-state index contributed by atoms with van der Waals surface area (Å²) in [6, 6.07) is 0.265. The molecule has 0 saturated carbocycles. The molecular formula is C11H20N2O3. The lowest BCUT2D eigenvalue weighted by Crippen LogP contribution is -2.47. The lowest BCUT2D eigenvalue weighted by atomic mass is 10.2. The van der Waals surface area contributed by atoms with Crippen molar-refractivity contribution in [2.45, 2.75) is 38.5 Å². The number of hydrogen-bond donors (Lipinski definition) is 1. The molecule has 5 heteroatoms. The molecule has 2 saturated heterocycles. The number of nitrogens with one attached hydrogen (secondary N) is 1. The summed E-state index contributed by atoms with van der Waals surface area (Å²) in [6.07, 6.45) is -0.117. The largest absolute Gasteiger partial charge is 0.444 e. The van der Waals surface area contributed by atoms with Crippen LogP contribution >= 0.6 is 0 Å². The molecule has 0 aromatic heterocycles. The molecule has 5 nitrogen and oxygen atoms in total. The van der Waals surface area contributed by atoms with Crippen LogP contribution < -0.4 is 5.32 Å². The normalized spacial score (nSPS) is 30.1. The SMILES string of the molecule is CC(C)(C)OC(=O)N1C[C@@H]2NCCO[C@@H]2C1. The van der Waals surface area contributed by atoms with Crippen LogP contribution in [-0.4, -0.2) is 55.0 Å². The number of carbonyl (C=O) groups excluding carboxylic acids is 1. The van der Waals surface area contributed by atoms with Crippen LogP contribution in [-0.2, 0) is 9.47 Å². The Kier molecular flexibility index (Phi) is 3.08. The van der Waals surface area contributed by atoms with E-state index in [1.807, 2.05) is 20.8 Å². The molecular weight excluding hydrogens is 208 g/mol. The molecule has 1 N–H and O–H groups in total. The highest BCUT2D eigenvalue weighted by atomic mass is 16.6. The Balaban J connectivity index is 1.90. The van der Waals surface area contributed by atoms with Crippen LogP contribution in [0.5, 0.6) is 0 Å². The van der Waals surface area contributed by atoms with Crippen molar-refractivity contribution in [3.63, 3.8) is 0 Å². The van der Waals surface area contributed by atoms with Gasteiger partial charge in [0.25, 0.3) is 0 Å². The summed E-state index contributed by atoms with van der Waals surface area (Å²) in [5.41, 5.74) is -0.431. The number of nitrogens with zero attached hydrogens (tertiary/aromatic N) is 1. The highest BCUT2D eigenvalue weighted by Gasteiger charge is 2.38. The molecule has 2 atom stereocenters. The Morgan fingerprint density at radius 2 is 2.19 bits per heavy atom. The van der Waals surface area contributed by atoms with Crippen molar-refractivity contribution in [1.29, 1.82) is 0 Å². The fraction of sp³-hybridized carbons (Fsp3) is 0.909. The van der Waals surface area contributed by atoms with Gasteiger partial charge in [-0.25, -0.2) is 4.79 Å². The zero-order valence-corrected chi connectivity index (χ0v) is 10.2. The Morgan fingerprint density at radius 1 is 1.44 bits per heavy atom. The molecule has 0 aromatic rings. The van der Waals surface area contributed by atoms with E-state index in [4.69, 9.17) is 9.47 Å². The van der Waals surface area contributed by atoms with Crippen LogP contribution in [0.2, 0.25) is 0 Å². The van der Waals surface area contributed by atoms with Crippen molar-refractivity contribution in [2.24, 2.45) is 0 Å². The monoisotopic (exact) mass is 228 g/mol. The first kappa shape index (κ1) is 11.7. The lowest BCUT2D eigenvalue weighted by Gasteiger charge is -2.25. The van der Waals surface area contributed by atoms with Gasteiger partial charge in [0.1, 0.15) is 5.60 Å². The van der Waals surface area contributed by atoms with Gasteiger partial charge in [-0.05, 0) is 20.8 Å². The van der Waals surface area contributed by atoms with Gasteiger partial charge in [0.2, 0.25) is 0 Å². The minimum Gasteiger partial charge on any atom is -0.444 e. The second kappa shape index (κ2) is 4.22. The average molecular weight is 228 g/mol. The standard InChI is InChI=1S/C11H20N2O3/c1-11(2,3)16-10(14)13-6-8-9(7-13)15-5-4-12-8/h8-9,12H,4-7H2,1-3H3/t8-,9+/m0/s1. The molecule has 2 rings (SSSR count). The van der Waals surface area contributed by atoms with E-state index < -0.39 is 5.60 Å². The van der Waals surface area contributed by atoms with E-state index in [9.17, 15) is 4.79 Å². The quantitative estimate of drug-likeness (QED) is 0.659. The molecule has 1 amide bonds. The summed E-state index contributed by atoms with van der Waals surface area (Å²) in [6.45, 7) is 8.53. The van der Waals surface area contributed by atoms with Gasteiger partial charge in [0.15, 0.2) is 0 Å². The van der Waals surface area contributed by atoms with E-state index >= 15 is 0 Å². The van der Waals surface area contributed by atoms with E-state index in [2.05, 4.69) is 5.32 Å².